The minimum atomic E-state index is -0.302. The Balaban J connectivity index is 1.78. The van der Waals surface area contributed by atoms with Crippen LogP contribution in [-0.2, 0) is 6.61 Å². The summed E-state index contributed by atoms with van der Waals surface area (Å²) in [5.74, 6) is 0.207. The van der Waals surface area contributed by atoms with Crippen molar-refractivity contribution in [3.8, 4) is 5.75 Å². The molecule has 0 N–H and O–H groups in total. The molecule has 0 radical (unpaired) electrons. The molecule has 3 rings (SSSR count). The lowest BCUT2D eigenvalue weighted by Crippen LogP contribution is -1.98. The molecule has 2 nitrogen and oxygen atoms in total. The van der Waals surface area contributed by atoms with Crippen LogP contribution in [-0.4, -0.2) is 4.98 Å². The van der Waals surface area contributed by atoms with Crippen LogP contribution in [0.2, 0.25) is 0 Å². The molecule has 3 aromatic rings. The molecular formula is C16H12FNO. The molecule has 0 spiro atoms. The van der Waals surface area contributed by atoms with Gasteiger partial charge < -0.3 is 4.74 Å². The van der Waals surface area contributed by atoms with Gasteiger partial charge in [0.15, 0.2) is 0 Å². The van der Waals surface area contributed by atoms with Crippen molar-refractivity contribution in [3.63, 3.8) is 0 Å². The number of nitrogens with zero attached hydrogens (tertiary/aromatic N) is 1. The Kier molecular flexibility index (Phi) is 3.11. The minimum absolute atomic E-state index is 0.302. The standard InChI is InChI=1S/C16H12FNO/c17-13-5-3-6-15(10-13)19-11-14-9-8-12-4-1-2-7-16(12)18-14/h1-10H,11H2. The minimum Gasteiger partial charge on any atom is -0.487 e. The summed E-state index contributed by atoms with van der Waals surface area (Å²) in [5, 5.41) is 1.09. The molecule has 0 aliphatic heterocycles. The fourth-order valence-electron chi connectivity index (χ4n) is 1.90. The van der Waals surface area contributed by atoms with Gasteiger partial charge in [-0.1, -0.05) is 30.3 Å². The van der Waals surface area contributed by atoms with E-state index >= 15 is 0 Å². The van der Waals surface area contributed by atoms with Crippen LogP contribution in [0.5, 0.6) is 5.75 Å². The number of aromatic nitrogens is 1. The number of fused-ring (bicyclic) bond motifs is 1. The topological polar surface area (TPSA) is 22.1 Å². The van der Waals surface area contributed by atoms with Crippen LogP contribution in [0.15, 0.2) is 60.7 Å². The van der Waals surface area contributed by atoms with Crippen LogP contribution in [0.3, 0.4) is 0 Å². The number of pyridine rings is 1. The SMILES string of the molecule is Fc1cccc(OCc2ccc3ccccc3n2)c1. The number of hydrogen-bond acceptors (Lipinski definition) is 2. The summed E-state index contributed by atoms with van der Waals surface area (Å²) < 4.78 is 18.5. The maximum atomic E-state index is 13.0. The first kappa shape index (κ1) is 11.7. The van der Waals surface area contributed by atoms with E-state index in [0.29, 0.717) is 12.4 Å². The van der Waals surface area contributed by atoms with Gasteiger partial charge in [-0.3, -0.25) is 0 Å². The van der Waals surface area contributed by atoms with Crippen molar-refractivity contribution in [2.45, 2.75) is 6.61 Å². The Morgan fingerprint density at radius 1 is 0.947 bits per heavy atom. The van der Waals surface area contributed by atoms with E-state index in [2.05, 4.69) is 4.98 Å². The normalized spacial score (nSPS) is 10.6. The first-order chi connectivity index (χ1) is 9.31. The lowest BCUT2D eigenvalue weighted by atomic mass is 10.2. The summed E-state index contributed by atoms with van der Waals surface area (Å²) in [6.07, 6.45) is 0. The summed E-state index contributed by atoms with van der Waals surface area (Å²) in [6.45, 7) is 0.328. The van der Waals surface area contributed by atoms with Crippen LogP contribution in [0, 0.1) is 5.82 Å². The van der Waals surface area contributed by atoms with Gasteiger partial charge >= 0.3 is 0 Å². The predicted octanol–water partition coefficient (Wildman–Crippen LogP) is 3.95. The molecule has 0 bridgehead atoms. The van der Waals surface area contributed by atoms with Crippen LogP contribution >= 0.6 is 0 Å². The largest absolute Gasteiger partial charge is 0.487 e. The van der Waals surface area contributed by atoms with Gasteiger partial charge in [0.1, 0.15) is 18.2 Å². The maximum absolute atomic E-state index is 13.0. The number of rotatable bonds is 3. The third kappa shape index (κ3) is 2.71. The Bertz CT molecular complexity index is 712. The molecule has 0 atom stereocenters. The van der Waals surface area contributed by atoms with E-state index in [1.54, 1.807) is 12.1 Å². The summed E-state index contributed by atoms with van der Waals surface area (Å²) in [5.41, 5.74) is 1.76. The molecule has 0 aliphatic carbocycles. The Morgan fingerprint density at radius 2 is 1.84 bits per heavy atom. The van der Waals surface area contributed by atoms with Gasteiger partial charge in [0.2, 0.25) is 0 Å². The number of ether oxygens (including phenoxy) is 1. The molecule has 0 fully saturated rings. The smallest absolute Gasteiger partial charge is 0.130 e. The second-order valence-corrected chi connectivity index (χ2v) is 4.24. The first-order valence-electron chi connectivity index (χ1n) is 6.04. The van der Waals surface area contributed by atoms with Crippen LogP contribution < -0.4 is 4.74 Å². The predicted molar refractivity (Wildman–Crippen MR) is 72.5 cm³/mol. The molecular weight excluding hydrogens is 241 g/mol. The molecule has 0 aliphatic rings. The van der Waals surface area contributed by atoms with Gasteiger partial charge in [-0.2, -0.15) is 0 Å². The lowest BCUT2D eigenvalue weighted by molar-refractivity contribution is 0.300. The molecule has 1 heterocycles. The van der Waals surface area contributed by atoms with Gasteiger partial charge in [-0.15, -0.1) is 0 Å². The van der Waals surface area contributed by atoms with E-state index in [4.69, 9.17) is 4.74 Å². The Hall–Kier alpha value is -2.42. The van der Waals surface area contributed by atoms with Gasteiger partial charge in [0.05, 0.1) is 11.2 Å². The first-order valence-corrected chi connectivity index (χ1v) is 6.04. The van der Waals surface area contributed by atoms with E-state index in [0.717, 1.165) is 16.6 Å². The van der Waals surface area contributed by atoms with Crippen molar-refractivity contribution < 1.29 is 9.13 Å². The molecule has 3 heteroatoms. The quantitative estimate of drug-likeness (QED) is 0.705. The fraction of sp³-hybridized carbons (Fsp3) is 0.0625. The lowest BCUT2D eigenvalue weighted by Gasteiger charge is -2.06. The summed E-state index contributed by atoms with van der Waals surface area (Å²) in [6, 6.07) is 17.9. The number of benzene rings is 2. The zero-order chi connectivity index (χ0) is 13.1. The second kappa shape index (κ2) is 5.06. The molecule has 1 aromatic heterocycles. The summed E-state index contributed by atoms with van der Waals surface area (Å²) in [7, 11) is 0. The fourth-order valence-corrected chi connectivity index (χ4v) is 1.90. The maximum Gasteiger partial charge on any atom is 0.130 e. The second-order valence-electron chi connectivity index (χ2n) is 4.24. The average molecular weight is 253 g/mol. The highest BCUT2D eigenvalue weighted by atomic mass is 19.1. The third-order valence-corrected chi connectivity index (χ3v) is 2.84. The van der Waals surface area contributed by atoms with Gasteiger partial charge in [-0.25, -0.2) is 9.37 Å². The zero-order valence-corrected chi connectivity index (χ0v) is 10.2. The molecule has 0 amide bonds. The van der Waals surface area contributed by atoms with Gasteiger partial charge in [0, 0.05) is 11.5 Å². The third-order valence-electron chi connectivity index (χ3n) is 2.84. The molecule has 0 unspecified atom stereocenters. The van der Waals surface area contributed by atoms with Crippen molar-refractivity contribution >= 4 is 10.9 Å². The van der Waals surface area contributed by atoms with E-state index in [1.165, 1.54) is 12.1 Å². The van der Waals surface area contributed by atoms with Crippen molar-refractivity contribution in [2.75, 3.05) is 0 Å². The van der Waals surface area contributed by atoms with Crippen molar-refractivity contribution in [1.82, 2.24) is 4.98 Å². The Morgan fingerprint density at radius 3 is 2.74 bits per heavy atom. The Labute approximate surface area is 110 Å². The highest BCUT2D eigenvalue weighted by Gasteiger charge is 2.00. The van der Waals surface area contributed by atoms with Crippen molar-refractivity contribution in [1.29, 1.82) is 0 Å². The highest BCUT2D eigenvalue weighted by Crippen LogP contribution is 2.15. The monoisotopic (exact) mass is 253 g/mol. The van der Waals surface area contributed by atoms with Crippen LogP contribution in [0.4, 0.5) is 4.39 Å². The number of halogens is 1. The van der Waals surface area contributed by atoms with Gasteiger partial charge in [0.25, 0.3) is 0 Å². The van der Waals surface area contributed by atoms with E-state index in [1.807, 2.05) is 36.4 Å². The molecule has 94 valence electrons. The zero-order valence-electron chi connectivity index (χ0n) is 10.2. The van der Waals surface area contributed by atoms with Crippen LogP contribution in [0.25, 0.3) is 10.9 Å². The summed E-state index contributed by atoms with van der Waals surface area (Å²) >= 11 is 0. The highest BCUT2D eigenvalue weighted by molar-refractivity contribution is 5.78. The number of hydrogen-bond donors (Lipinski definition) is 0. The molecule has 19 heavy (non-hydrogen) atoms. The molecule has 0 saturated carbocycles. The van der Waals surface area contributed by atoms with Crippen LogP contribution in [0.1, 0.15) is 5.69 Å². The van der Waals surface area contributed by atoms with Crippen molar-refractivity contribution in [2.24, 2.45) is 0 Å². The van der Waals surface area contributed by atoms with Crippen molar-refractivity contribution in [3.05, 3.63) is 72.2 Å². The molecule has 0 saturated heterocycles. The molecule has 2 aromatic carbocycles. The van der Waals surface area contributed by atoms with E-state index in [9.17, 15) is 4.39 Å². The van der Waals surface area contributed by atoms with E-state index < -0.39 is 0 Å². The average Bonchev–Trinajstić information content (AvgIpc) is 2.45. The number of para-hydroxylation sites is 1. The van der Waals surface area contributed by atoms with E-state index in [-0.39, 0.29) is 5.82 Å². The summed E-state index contributed by atoms with van der Waals surface area (Å²) in [4.78, 5) is 4.49. The van der Waals surface area contributed by atoms with Gasteiger partial charge in [-0.05, 0) is 24.3 Å².